The number of hydrogen-bond acceptors (Lipinski definition) is 5. The van der Waals surface area contributed by atoms with Crippen molar-refractivity contribution >= 4 is 17.6 Å². The standard InChI is InChI=1S/C29H37N5O/c1-3-15-32(2)19-14-31-28-12-11-27(20-25(28)22-30)34-18-13-24(21-29(34)35)23-7-9-26(10-8-23)33-16-5-4-6-17-33/h7-13,18,20-22,30-31H,3-6,14-17,19H2,1-2H3. The van der Waals surface area contributed by atoms with Crippen LogP contribution in [0.15, 0.2) is 65.6 Å². The molecule has 35 heavy (non-hydrogen) atoms. The van der Waals surface area contributed by atoms with Gasteiger partial charge in [-0.3, -0.25) is 9.36 Å². The molecule has 1 aliphatic rings. The summed E-state index contributed by atoms with van der Waals surface area (Å²) in [6.07, 6.45) is 8.13. The van der Waals surface area contributed by atoms with E-state index in [0.29, 0.717) is 0 Å². The summed E-state index contributed by atoms with van der Waals surface area (Å²) in [7, 11) is 2.12. The number of likely N-dealkylation sites (N-methyl/N-ethyl adjacent to an activating group) is 1. The van der Waals surface area contributed by atoms with E-state index < -0.39 is 0 Å². The quantitative estimate of drug-likeness (QED) is 0.397. The highest BCUT2D eigenvalue weighted by Crippen LogP contribution is 2.25. The van der Waals surface area contributed by atoms with Crippen LogP contribution in [0.3, 0.4) is 0 Å². The fourth-order valence-corrected chi connectivity index (χ4v) is 4.74. The van der Waals surface area contributed by atoms with Crippen molar-refractivity contribution in [3.8, 4) is 16.8 Å². The number of nitrogens with one attached hydrogen (secondary N) is 2. The Balaban J connectivity index is 1.48. The second kappa shape index (κ2) is 11.8. The molecule has 3 aromatic rings. The van der Waals surface area contributed by atoms with E-state index in [-0.39, 0.29) is 5.56 Å². The maximum absolute atomic E-state index is 13.0. The van der Waals surface area contributed by atoms with Crippen molar-refractivity contribution in [3.05, 3.63) is 76.7 Å². The second-order valence-corrected chi connectivity index (χ2v) is 9.36. The summed E-state index contributed by atoms with van der Waals surface area (Å²) in [5, 5.41) is 11.3. The number of hydrogen-bond donors (Lipinski definition) is 2. The Morgan fingerprint density at radius 1 is 0.943 bits per heavy atom. The molecule has 2 aromatic carbocycles. The lowest BCUT2D eigenvalue weighted by Gasteiger charge is -2.28. The maximum atomic E-state index is 13.0. The molecule has 6 heteroatoms. The molecule has 0 aliphatic carbocycles. The normalized spacial score (nSPS) is 13.7. The molecule has 0 saturated carbocycles. The van der Waals surface area contributed by atoms with Crippen molar-refractivity contribution in [3.63, 3.8) is 0 Å². The molecule has 0 unspecified atom stereocenters. The van der Waals surface area contributed by atoms with Gasteiger partial charge in [0.25, 0.3) is 5.56 Å². The zero-order valence-electron chi connectivity index (χ0n) is 21.0. The number of pyridine rings is 1. The summed E-state index contributed by atoms with van der Waals surface area (Å²) >= 11 is 0. The third-order valence-corrected chi connectivity index (χ3v) is 6.72. The average Bonchev–Trinajstić information content (AvgIpc) is 2.89. The number of aromatic nitrogens is 1. The van der Waals surface area contributed by atoms with Crippen LogP contribution < -0.4 is 15.8 Å². The first-order chi connectivity index (χ1) is 17.1. The highest BCUT2D eigenvalue weighted by molar-refractivity contribution is 5.86. The first-order valence-corrected chi connectivity index (χ1v) is 12.7. The van der Waals surface area contributed by atoms with Gasteiger partial charge in [-0.1, -0.05) is 19.1 Å². The Morgan fingerprint density at radius 2 is 1.69 bits per heavy atom. The first kappa shape index (κ1) is 24.7. The number of piperidine rings is 1. The number of rotatable bonds is 10. The van der Waals surface area contributed by atoms with Gasteiger partial charge in [-0.25, -0.2) is 0 Å². The summed E-state index contributed by atoms with van der Waals surface area (Å²) in [5.74, 6) is 0. The molecule has 0 radical (unpaired) electrons. The SMILES string of the molecule is CCCN(C)CCNc1ccc(-n2ccc(-c3ccc(N4CCCCC4)cc3)cc2=O)cc1C=N. The van der Waals surface area contributed by atoms with Crippen LogP contribution in [0.1, 0.15) is 38.2 Å². The molecule has 1 aliphatic heterocycles. The van der Waals surface area contributed by atoms with Crippen LogP contribution in [0.5, 0.6) is 0 Å². The molecule has 0 atom stereocenters. The van der Waals surface area contributed by atoms with Crippen molar-refractivity contribution in [2.75, 3.05) is 50.0 Å². The highest BCUT2D eigenvalue weighted by Gasteiger charge is 2.11. The summed E-state index contributed by atoms with van der Waals surface area (Å²) in [4.78, 5) is 17.7. The Hall–Kier alpha value is -3.38. The van der Waals surface area contributed by atoms with Gasteiger partial charge < -0.3 is 20.5 Å². The van der Waals surface area contributed by atoms with Crippen LogP contribution in [0.4, 0.5) is 11.4 Å². The zero-order valence-corrected chi connectivity index (χ0v) is 21.0. The second-order valence-electron chi connectivity index (χ2n) is 9.36. The van der Waals surface area contributed by atoms with Crippen LogP contribution in [0, 0.1) is 5.41 Å². The zero-order chi connectivity index (χ0) is 24.6. The summed E-state index contributed by atoms with van der Waals surface area (Å²) < 4.78 is 1.64. The van der Waals surface area contributed by atoms with E-state index in [0.717, 1.165) is 67.2 Å². The molecular weight excluding hydrogens is 434 g/mol. The Morgan fingerprint density at radius 3 is 2.37 bits per heavy atom. The monoisotopic (exact) mass is 471 g/mol. The van der Waals surface area contributed by atoms with Gasteiger partial charge in [0.05, 0.1) is 0 Å². The van der Waals surface area contributed by atoms with Gasteiger partial charge in [0.15, 0.2) is 0 Å². The molecule has 1 aromatic heterocycles. The van der Waals surface area contributed by atoms with Gasteiger partial charge in [0.2, 0.25) is 0 Å². The third kappa shape index (κ3) is 6.20. The molecule has 0 amide bonds. The van der Waals surface area contributed by atoms with E-state index in [1.54, 1.807) is 10.6 Å². The molecule has 0 spiro atoms. The van der Waals surface area contributed by atoms with Crippen molar-refractivity contribution in [1.82, 2.24) is 9.47 Å². The minimum atomic E-state index is -0.0829. The van der Waals surface area contributed by atoms with Crippen molar-refractivity contribution < 1.29 is 0 Å². The lowest BCUT2D eigenvalue weighted by molar-refractivity contribution is 0.348. The average molecular weight is 472 g/mol. The minimum absolute atomic E-state index is 0.0829. The topological polar surface area (TPSA) is 64.4 Å². The summed E-state index contributed by atoms with van der Waals surface area (Å²) in [6.45, 7) is 7.24. The van der Waals surface area contributed by atoms with E-state index in [1.165, 1.54) is 31.2 Å². The van der Waals surface area contributed by atoms with E-state index in [9.17, 15) is 4.79 Å². The van der Waals surface area contributed by atoms with Gasteiger partial charge in [0, 0.05) is 67.3 Å². The third-order valence-electron chi connectivity index (χ3n) is 6.72. The predicted molar refractivity (Wildman–Crippen MR) is 148 cm³/mol. The molecular formula is C29H37N5O. The fourth-order valence-electron chi connectivity index (χ4n) is 4.74. The van der Waals surface area contributed by atoms with Crippen LogP contribution in [-0.4, -0.2) is 55.5 Å². The van der Waals surface area contributed by atoms with Crippen LogP contribution in [0.2, 0.25) is 0 Å². The molecule has 2 heterocycles. The van der Waals surface area contributed by atoms with E-state index in [4.69, 9.17) is 5.41 Å². The van der Waals surface area contributed by atoms with E-state index >= 15 is 0 Å². The molecule has 184 valence electrons. The highest BCUT2D eigenvalue weighted by atomic mass is 16.1. The smallest absolute Gasteiger partial charge is 0.255 e. The van der Waals surface area contributed by atoms with Crippen LogP contribution >= 0.6 is 0 Å². The fraction of sp³-hybridized carbons (Fsp3) is 0.379. The summed E-state index contributed by atoms with van der Waals surface area (Å²) in [5.41, 5.74) is 5.57. The van der Waals surface area contributed by atoms with E-state index in [2.05, 4.69) is 53.4 Å². The summed E-state index contributed by atoms with van der Waals surface area (Å²) in [6, 6.07) is 18.0. The molecule has 1 fully saturated rings. The molecule has 1 saturated heterocycles. The number of anilines is 2. The predicted octanol–water partition coefficient (Wildman–Crippen LogP) is 5.25. The number of nitrogens with zero attached hydrogens (tertiary/aromatic N) is 3. The maximum Gasteiger partial charge on any atom is 0.255 e. The van der Waals surface area contributed by atoms with Crippen molar-refractivity contribution in [2.24, 2.45) is 0 Å². The van der Waals surface area contributed by atoms with Gasteiger partial charge in [-0.05, 0) is 86.8 Å². The molecule has 2 N–H and O–H groups in total. The molecule has 0 bridgehead atoms. The Bertz CT molecular complexity index is 1180. The van der Waals surface area contributed by atoms with Gasteiger partial charge in [0.1, 0.15) is 0 Å². The molecule has 6 nitrogen and oxygen atoms in total. The lowest BCUT2D eigenvalue weighted by atomic mass is 10.1. The van der Waals surface area contributed by atoms with Gasteiger partial charge in [-0.2, -0.15) is 0 Å². The lowest BCUT2D eigenvalue weighted by Crippen LogP contribution is -2.29. The Kier molecular flexibility index (Phi) is 8.37. The molecule has 4 rings (SSSR count). The van der Waals surface area contributed by atoms with E-state index in [1.807, 2.05) is 30.5 Å². The largest absolute Gasteiger partial charge is 0.383 e. The Labute approximate surface area is 208 Å². The number of benzene rings is 2. The van der Waals surface area contributed by atoms with Gasteiger partial charge in [-0.15, -0.1) is 0 Å². The first-order valence-electron chi connectivity index (χ1n) is 12.7. The minimum Gasteiger partial charge on any atom is -0.383 e. The van der Waals surface area contributed by atoms with Crippen LogP contribution in [-0.2, 0) is 0 Å². The van der Waals surface area contributed by atoms with Crippen molar-refractivity contribution in [2.45, 2.75) is 32.6 Å². The van der Waals surface area contributed by atoms with Crippen LogP contribution in [0.25, 0.3) is 16.8 Å². The van der Waals surface area contributed by atoms with Crippen molar-refractivity contribution in [1.29, 1.82) is 5.41 Å². The van der Waals surface area contributed by atoms with Gasteiger partial charge >= 0.3 is 0 Å².